The summed E-state index contributed by atoms with van der Waals surface area (Å²) in [7, 11) is 0. The molecule has 4 rings (SSSR count). The summed E-state index contributed by atoms with van der Waals surface area (Å²) in [6, 6.07) is 6.30. The lowest BCUT2D eigenvalue weighted by molar-refractivity contribution is 0.0690. The van der Waals surface area contributed by atoms with Gasteiger partial charge in [-0.2, -0.15) is 5.10 Å². The van der Waals surface area contributed by atoms with Crippen LogP contribution in [0, 0.1) is 12.7 Å². The van der Waals surface area contributed by atoms with Gasteiger partial charge in [-0.05, 0) is 44.0 Å². The first-order valence-corrected chi connectivity index (χ1v) is 8.10. The Hall–Kier alpha value is -2.63. The van der Waals surface area contributed by atoms with Crippen LogP contribution in [0.1, 0.15) is 29.0 Å². The molecule has 2 aromatic heterocycles. The number of amides is 1. The lowest BCUT2D eigenvalue weighted by Crippen LogP contribution is -2.38. The van der Waals surface area contributed by atoms with E-state index in [1.807, 2.05) is 21.8 Å². The fraction of sp³-hybridized carbons (Fsp3) is 0.333. The van der Waals surface area contributed by atoms with Crippen LogP contribution in [0.5, 0.6) is 0 Å². The highest BCUT2D eigenvalue weighted by Crippen LogP contribution is 2.29. The van der Waals surface area contributed by atoms with E-state index in [4.69, 9.17) is 4.42 Å². The number of carbonyl (C=O) groups is 1. The monoisotopic (exact) mass is 327 g/mol. The number of likely N-dealkylation sites (tertiary alicyclic amines) is 1. The topological polar surface area (TPSA) is 51.3 Å². The third-order valence-electron chi connectivity index (χ3n) is 4.69. The predicted octanol–water partition coefficient (Wildman–Crippen LogP) is 3.38. The van der Waals surface area contributed by atoms with Crippen molar-refractivity contribution in [2.75, 3.05) is 6.54 Å². The standard InChI is InChI=1S/C18H18FN3O2/c1-12-15-10-13(19)5-6-16(15)24-17(12)18(23)22-9-2-4-14(22)11-21-8-3-7-20-21/h3,5-8,10,14H,2,4,9,11H2,1H3/t14-/m0/s1. The number of aryl methyl sites for hydroxylation is 1. The van der Waals surface area contributed by atoms with Gasteiger partial charge in [-0.3, -0.25) is 9.48 Å². The molecule has 1 amide bonds. The Labute approximate surface area is 138 Å². The van der Waals surface area contributed by atoms with Crippen molar-refractivity contribution < 1.29 is 13.6 Å². The normalized spacial score (nSPS) is 17.8. The van der Waals surface area contributed by atoms with Crippen molar-refractivity contribution in [2.45, 2.75) is 32.4 Å². The molecule has 24 heavy (non-hydrogen) atoms. The molecule has 1 saturated heterocycles. The fourth-order valence-corrected chi connectivity index (χ4v) is 3.44. The fourth-order valence-electron chi connectivity index (χ4n) is 3.44. The third kappa shape index (κ3) is 2.48. The molecule has 0 radical (unpaired) electrons. The van der Waals surface area contributed by atoms with E-state index in [2.05, 4.69) is 5.10 Å². The second kappa shape index (κ2) is 5.78. The first kappa shape index (κ1) is 14.9. The molecule has 0 spiro atoms. The average molecular weight is 327 g/mol. The van der Waals surface area contributed by atoms with Gasteiger partial charge in [-0.25, -0.2) is 4.39 Å². The van der Waals surface area contributed by atoms with Gasteiger partial charge in [0.1, 0.15) is 11.4 Å². The molecule has 1 aliphatic rings. The largest absolute Gasteiger partial charge is 0.451 e. The van der Waals surface area contributed by atoms with Crippen LogP contribution in [0.25, 0.3) is 11.0 Å². The highest BCUT2D eigenvalue weighted by Gasteiger charge is 2.32. The van der Waals surface area contributed by atoms with E-state index in [0.29, 0.717) is 35.4 Å². The van der Waals surface area contributed by atoms with Crippen LogP contribution in [0.2, 0.25) is 0 Å². The number of hydrogen-bond acceptors (Lipinski definition) is 3. The van der Waals surface area contributed by atoms with Crippen molar-refractivity contribution in [3.8, 4) is 0 Å². The zero-order valence-electron chi connectivity index (χ0n) is 13.4. The van der Waals surface area contributed by atoms with E-state index in [1.165, 1.54) is 12.1 Å². The summed E-state index contributed by atoms with van der Waals surface area (Å²) in [4.78, 5) is 14.8. The molecule has 0 N–H and O–H groups in total. The molecular weight excluding hydrogens is 309 g/mol. The number of nitrogens with zero attached hydrogens (tertiary/aromatic N) is 3. The number of halogens is 1. The average Bonchev–Trinajstić information content (AvgIpc) is 3.29. The molecular formula is C18H18FN3O2. The van der Waals surface area contributed by atoms with Gasteiger partial charge >= 0.3 is 0 Å². The zero-order chi connectivity index (χ0) is 16.7. The molecule has 124 valence electrons. The van der Waals surface area contributed by atoms with Crippen molar-refractivity contribution in [1.82, 2.24) is 14.7 Å². The highest BCUT2D eigenvalue weighted by atomic mass is 19.1. The van der Waals surface area contributed by atoms with Crippen LogP contribution >= 0.6 is 0 Å². The minimum Gasteiger partial charge on any atom is -0.451 e. The number of hydrogen-bond donors (Lipinski definition) is 0. The summed E-state index contributed by atoms with van der Waals surface area (Å²) in [6.07, 6.45) is 5.54. The summed E-state index contributed by atoms with van der Waals surface area (Å²) in [6.45, 7) is 3.18. The van der Waals surface area contributed by atoms with Gasteiger partial charge in [-0.15, -0.1) is 0 Å². The Morgan fingerprint density at radius 3 is 3.12 bits per heavy atom. The van der Waals surface area contributed by atoms with E-state index in [1.54, 1.807) is 19.2 Å². The van der Waals surface area contributed by atoms with Crippen LogP contribution in [-0.2, 0) is 6.54 Å². The molecule has 6 heteroatoms. The van der Waals surface area contributed by atoms with Crippen LogP contribution in [0.15, 0.2) is 41.1 Å². The number of rotatable bonds is 3. The number of aromatic nitrogens is 2. The lowest BCUT2D eigenvalue weighted by Gasteiger charge is -2.24. The summed E-state index contributed by atoms with van der Waals surface area (Å²) >= 11 is 0. The molecule has 0 bridgehead atoms. The number of furan rings is 1. The molecule has 1 atom stereocenters. The highest BCUT2D eigenvalue weighted by molar-refractivity contribution is 5.99. The maximum absolute atomic E-state index is 13.5. The van der Waals surface area contributed by atoms with Gasteiger partial charge in [0.2, 0.25) is 0 Å². The summed E-state index contributed by atoms with van der Waals surface area (Å²) < 4.78 is 21.0. The number of fused-ring (bicyclic) bond motifs is 1. The van der Waals surface area contributed by atoms with Crippen molar-refractivity contribution in [3.05, 3.63) is 53.8 Å². The van der Waals surface area contributed by atoms with E-state index in [0.717, 1.165) is 12.8 Å². The second-order valence-corrected chi connectivity index (χ2v) is 6.22. The van der Waals surface area contributed by atoms with Crippen molar-refractivity contribution in [3.63, 3.8) is 0 Å². The minimum absolute atomic E-state index is 0.0988. The van der Waals surface area contributed by atoms with Gasteiger partial charge in [0.05, 0.1) is 12.6 Å². The van der Waals surface area contributed by atoms with Gasteiger partial charge in [0.15, 0.2) is 5.76 Å². The van der Waals surface area contributed by atoms with Gasteiger partial charge in [-0.1, -0.05) is 0 Å². The number of benzene rings is 1. The molecule has 3 heterocycles. The zero-order valence-corrected chi connectivity index (χ0v) is 13.4. The van der Waals surface area contributed by atoms with Gasteiger partial charge in [0.25, 0.3) is 5.91 Å². The van der Waals surface area contributed by atoms with Crippen LogP contribution in [-0.4, -0.2) is 33.2 Å². The Kier molecular flexibility index (Phi) is 3.59. The first-order chi connectivity index (χ1) is 11.6. The molecule has 3 aromatic rings. The Morgan fingerprint density at radius 2 is 2.33 bits per heavy atom. The molecule has 5 nitrogen and oxygen atoms in total. The maximum atomic E-state index is 13.5. The van der Waals surface area contributed by atoms with Crippen LogP contribution in [0.3, 0.4) is 0 Å². The molecule has 1 aliphatic heterocycles. The van der Waals surface area contributed by atoms with E-state index >= 15 is 0 Å². The summed E-state index contributed by atoms with van der Waals surface area (Å²) in [5.41, 5.74) is 1.24. The molecule has 1 aromatic carbocycles. The first-order valence-electron chi connectivity index (χ1n) is 8.10. The Balaban J connectivity index is 1.64. The SMILES string of the molecule is Cc1c(C(=O)N2CCC[C@H]2Cn2cccn2)oc2ccc(F)cc12. The minimum atomic E-state index is -0.330. The molecule has 0 aliphatic carbocycles. The smallest absolute Gasteiger partial charge is 0.290 e. The Morgan fingerprint density at radius 1 is 1.46 bits per heavy atom. The maximum Gasteiger partial charge on any atom is 0.290 e. The molecule has 0 unspecified atom stereocenters. The van der Waals surface area contributed by atoms with Crippen LogP contribution in [0.4, 0.5) is 4.39 Å². The van der Waals surface area contributed by atoms with E-state index < -0.39 is 0 Å². The molecule has 1 fully saturated rings. The van der Waals surface area contributed by atoms with E-state index in [-0.39, 0.29) is 17.8 Å². The Bertz CT molecular complexity index is 885. The van der Waals surface area contributed by atoms with Crippen molar-refractivity contribution >= 4 is 16.9 Å². The van der Waals surface area contributed by atoms with Crippen molar-refractivity contribution in [1.29, 1.82) is 0 Å². The molecule has 0 saturated carbocycles. The lowest BCUT2D eigenvalue weighted by atomic mass is 10.1. The second-order valence-electron chi connectivity index (χ2n) is 6.22. The van der Waals surface area contributed by atoms with Crippen LogP contribution < -0.4 is 0 Å². The van der Waals surface area contributed by atoms with E-state index in [9.17, 15) is 9.18 Å². The summed E-state index contributed by atoms with van der Waals surface area (Å²) in [5.74, 6) is -0.148. The predicted molar refractivity (Wildman–Crippen MR) is 87.2 cm³/mol. The summed E-state index contributed by atoms with van der Waals surface area (Å²) in [5, 5.41) is 4.88. The van der Waals surface area contributed by atoms with Crippen molar-refractivity contribution in [2.24, 2.45) is 0 Å². The third-order valence-corrected chi connectivity index (χ3v) is 4.69. The number of carbonyl (C=O) groups excluding carboxylic acids is 1. The van der Waals surface area contributed by atoms with Gasteiger partial charge in [0, 0.05) is 29.9 Å². The van der Waals surface area contributed by atoms with Gasteiger partial charge < -0.3 is 9.32 Å². The quantitative estimate of drug-likeness (QED) is 0.741.